The van der Waals surface area contributed by atoms with Gasteiger partial charge < -0.3 is 14.8 Å². The van der Waals surface area contributed by atoms with Gasteiger partial charge >= 0.3 is 6.09 Å². The van der Waals surface area contributed by atoms with Crippen LogP contribution in [-0.4, -0.2) is 45.9 Å². The lowest BCUT2D eigenvalue weighted by Gasteiger charge is -2.19. The third kappa shape index (κ3) is 10.1. The van der Waals surface area contributed by atoms with Crippen LogP contribution < -0.4 is 15.4 Å². The number of hydrogen-bond acceptors (Lipinski definition) is 9. The van der Waals surface area contributed by atoms with Crippen LogP contribution in [0.4, 0.5) is 15.6 Å². The van der Waals surface area contributed by atoms with Gasteiger partial charge in [0.1, 0.15) is 21.9 Å². The van der Waals surface area contributed by atoms with E-state index in [1.54, 1.807) is 20.8 Å². The summed E-state index contributed by atoms with van der Waals surface area (Å²) in [4.78, 5) is 35.5. The molecule has 38 heavy (non-hydrogen) atoms. The summed E-state index contributed by atoms with van der Waals surface area (Å²) in [5.74, 6) is -0.321. The van der Waals surface area contributed by atoms with Crippen molar-refractivity contribution in [3.8, 4) is 5.75 Å². The molecule has 11 nitrogen and oxygen atoms in total. The van der Waals surface area contributed by atoms with E-state index in [4.69, 9.17) is 21.1 Å². The van der Waals surface area contributed by atoms with Crippen LogP contribution in [0.5, 0.6) is 5.75 Å². The molecule has 2 N–H and O–H groups in total. The van der Waals surface area contributed by atoms with Gasteiger partial charge in [-0.3, -0.25) is 20.2 Å². The standard InChI is InChI=1S/C25H36ClN5O6S/c1-6-16(7-2)22-29-30-23(38-22)28-21(32)17-14-18(26)20(15-19(17)31(34)35)36-13-11-9-8-10-12-27-24(33)37-25(3,4)5/h14-16H,6-13H2,1-5H3,(H,27,33)(H,28,30,32). The molecule has 2 rings (SSSR count). The highest BCUT2D eigenvalue weighted by Gasteiger charge is 2.25. The van der Waals surface area contributed by atoms with Gasteiger partial charge in [0.2, 0.25) is 5.13 Å². The molecule has 2 aromatic rings. The molecule has 0 fully saturated rings. The number of nitro benzene ring substituents is 1. The summed E-state index contributed by atoms with van der Waals surface area (Å²) in [6.07, 6.45) is 4.51. The third-order valence-corrected chi connectivity index (χ3v) is 6.78. The van der Waals surface area contributed by atoms with Gasteiger partial charge in [0.05, 0.1) is 22.6 Å². The third-order valence-electron chi connectivity index (χ3n) is 5.48. The van der Waals surface area contributed by atoms with Crippen molar-refractivity contribution in [2.24, 2.45) is 0 Å². The number of benzene rings is 1. The lowest BCUT2D eigenvalue weighted by atomic mass is 10.1. The molecule has 0 saturated heterocycles. The molecule has 1 aromatic heterocycles. The molecule has 1 aromatic carbocycles. The zero-order valence-electron chi connectivity index (χ0n) is 22.5. The number of halogens is 1. The number of carbonyl (C=O) groups is 2. The average molecular weight is 570 g/mol. The summed E-state index contributed by atoms with van der Waals surface area (Å²) < 4.78 is 10.8. The zero-order valence-corrected chi connectivity index (χ0v) is 24.0. The Morgan fingerprint density at radius 2 is 1.82 bits per heavy atom. The first-order valence-electron chi connectivity index (χ1n) is 12.7. The molecule has 0 saturated carbocycles. The molecular weight excluding hydrogens is 534 g/mol. The second-order valence-corrected chi connectivity index (χ2v) is 11.1. The minimum Gasteiger partial charge on any atom is -0.492 e. The first kappa shape index (κ1) is 31.2. The second kappa shape index (κ2) is 14.8. The quantitative estimate of drug-likeness (QED) is 0.145. The highest BCUT2D eigenvalue weighted by atomic mass is 35.5. The van der Waals surface area contributed by atoms with Gasteiger partial charge in [0.25, 0.3) is 11.6 Å². The van der Waals surface area contributed by atoms with E-state index in [-0.39, 0.29) is 27.4 Å². The maximum atomic E-state index is 12.8. The summed E-state index contributed by atoms with van der Waals surface area (Å²) >= 11 is 7.54. The number of hydrogen-bond donors (Lipinski definition) is 2. The normalized spacial score (nSPS) is 11.3. The number of nitrogens with zero attached hydrogens (tertiary/aromatic N) is 3. The van der Waals surface area contributed by atoms with Crippen LogP contribution in [0.25, 0.3) is 0 Å². The van der Waals surface area contributed by atoms with E-state index in [1.807, 2.05) is 0 Å². The number of amides is 2. The Labute approximate surface area is 231 Å². The van der Waals surface area contributed by atoms with Crippen molar-refractivity contribution in [1.29, 1.82) is 0 Å². The van der Waals surface area contributed by atoms with Crippen LogP contribution in [0.2, 0.25) is 5.02 Å². The van der Waals surface area contributed by atoms with Gasteiger partial charge in [-0.05, 0) is 52.5 Å². The Bertz CT molecular complexity index is 1100. The van der Waals surface area contributed by atoms with E-state index < -0.39 is 28.2 Å². The first-order valence-corrected chi connectivity index (χ1v) is 13.9. The van der Waals surface area contributed by atoms with Gasteiger partial charge in [0, 0.05) is 12.5 Å². The van der Waals surface area contributed by atoms with E-state index in [9.17, 15) is 19.7 Å². The first-order chi connectivity index (χ1) is 17.9. The molecule has 13 heteroatoms. The molecule has 0 aliphatic carbocycles. The highest BCUT2D eigenvalue weighted by molar-refractivity contribution is 7.15. The van der Waals surface area contributed by atoms with Crippen molar-refractivity contribution >= 4 is 45.8 Å². The van der Waals surface area contributed by atoms with Crippen LogP contribution in [-0.2, 0) is 4.74 Å². The highest BCUT2D eigenvalue weighted by Crippen LogP contribution is 2.34. The molecule has 1 heterocycles. The number of nitrogens with one attached hydrogen (secondary N) is 2. The molecule has 0 bridgehead atoms. The van der Waals surface area contributed by atoms with E-state index in [0.29, 0.717) is 19.6 Å². The number of anilines is 1. The van der Waals surface area contributed by atoms with E-state index >= 15 is 0 Å². The van der Waals surface area contributed by atoms with Crippen LogP contribution in [0.1, 0.15) is 94.4 Å². The van der Waals surface area contributed by atoms with Crippen LogP contribution in [0, 0.1) is 10.1 Å². The minimum atomic E-state index is -0.697. The van der Waals surface area contributed by atoms with Crippen molar-refractivity contribution in [3.63, 3.8) is 0 Å². The smallest absolute Gasteiger partial charge is 0.407 e. The number of alkyl carbamates (subject to hydrolysis) is 1. The fourth-order valence-corrected chi connectivity index (χ4v) is 4.73. The van der Waals surface area contributed by atoms with E-state index in [2.05, 4.69) is 34.7 Å². The van der Waals surface area contributed by atoms with Crippen molar-refractivity contribution < 1.29 is 24.0 Å². The molecule has 210 valence electrons. The van der Waals surface area contributed by atoms with Crippen molar-refractivity contribution in [3.05, 3.63) is 37.8 Å². The minimum absolute atomic E-state index is 0.0947. The summed E-state index contributed by atoms with van der Waals surface area (Å²) in [7, 11) is 0. The van der Waals surface area contributed by atoms with Crippen LogP contribution in [0.15, 0.2) is 12.1 Å². The number of rotatable bonds is 14. The summed E-state index contributed by atoms with van der Waals surface area (Å²) in [6.45, 7) is 10.3. The molecule has 2 amide bonds. The molecular formula is C25H36ClN5O6S. The number of nitro groups is 1. The van der Waals surface area contributed by atoms with Crippen LogP contribution >= 0.6 is 22.9 Å². The predicted octanol–water partition coefficient (Wildman–Crippen LogP) is 6.72. The number of carbonyl (C=O) groups excluding carboxylic acids is 2. The predicted molar refractivity (Wildman–Crippen MR) is 147 cm³/mol. The molecule has 0 aliphatic heterocycles. The Kier molecular flexibility index (Phi) is 12.2. The zero-order chi connectivity index (χ0) is 28.3. The Morgan fingerprint density at radius 3 is 2.45 bits per heavy atom. The number of aromatic nitrogens is 2. The van der Waals surface area contributed by atoms with Crippen molar-refractivity contribution in [2.45, 2.75) is 84.7 Å². The molecule has 0 atom stereocenters. The Balaban J connectivity index is 1.88. The van der Waals surface area contributed by atoms with Crippen molar-refractivity contribution in [2.75, 3.05) is 18.5 Å². The Morgan fingerprint density at radius 1 is 1.13 bits per heavy atom. The van der Waals surface area contributed by atoms with Crippen molar-refractivity contribution in [1.82, 2.24) is 15.5 Å². The molecule has 0 aliphatic rings. The lowest BCUT2D eigenvalue weighted by Crippen LogP contribution is -2.32. The van der Waals surface area contributed by atoms with Gasteiger partial charge in [-0.15, -0.1) is 10.2 Å². The average Bonchev–Trinajstić information content (AvgIpc) is 3.28. The summed E-state index contributed by atoms with van der Waals surface area (Å²) in [6, 6.07) is 2.40. The topological polar surface area (TPSA) is 146 Å². The maximum absolute atomic E-state index is 12.8. The van der Waals surface area contributed by atoms with E-state index in [0.717, 1.165) is 43.2 Å². The Hall–Kier alpha value is -2.99. The summed E-state index contributed by atoms with van der Waals surface area (Å²) in [5, 5.41) is 26.3. The largest absolute Gasteiger partial charge is 0.492 e. The van der Waals surface area contributed by atoms with Gasteiger partial charge in [0.15, 0.2) is 0 Å². The fraction of sp³-hybridized carbons (Fsp3) is 0.600. The second-order valence-electron chi connectivity index (χ2n) is 9.66. The van der Waals surface area contributed by atoms with Gasteiger partial charge in [-0.1, -0.05) is 49.6 Å². The van der Waals surface area contributed by atoms with Crippen LogP contribution in [0.3, 0.4) is 0 Å². The molecule has 0 radical (unpaired) electrons. The number of ether oxygens (including phenoxy) is 2. The number of unbranched alkanes of at least 4 members (excludes halogenated alkanes) is 3. The SMILES string of the molecule is CCC(CC)c1nnc(NC(=O)c2cc(Cl)c(OCCCCCCNC(=O)OC(C)(C)C)cc2[N+](=O)[O-])s1. The van der Waals surface area contributed by atoms with Gasteiger partial charge in [-0.25, -0.2) is 4.79 Å². The van der Waals surface area contributed by atoms with E-state index in [1.165, 1.54) is 17.4 Å². The maximum Gasteiger partial charge on any atom is 0.407 e. The fourth-order valence-electron chi connectivity index (χ4n) is 3.51. The van der Waals surface area contributed by atoms with Gasteiger partial charge in [-0.2, -0.15) is 0 Å². The monoisotopic (exact) mass is 569 g/mol. The summed E-state index contributed by atoms with van der Waals surface area (Å²) in [5.41, 5.74) is -1.14. The molecule has 0 unspecified atom stereocenters. The molecule has 0 spiro atoms. The lowest BCUT2D eigenvalue weighted by molar-refractivity contribution is -0.385.